The number of amides is 1. The van der Waals surface area contributed by atoms with Crippen LogP contribution >= 0.6 is 11.6 Å². The highest BCUT2D eigenvalue weighted by Crippen LogP contribution is 2.28. The molecule has 146 valence electrons. The number of fused-ring (bicyclic) bond motifs is 1. The van der Waals surface area contributed by atoms with E-state index < -0.39 is 0 Å². The highest BCUT2D eigenvalue weighted by atomic mass is 35.5. The van der Waals surface area contributed by atoms with Crippen molar-refractivity contribution < 1.29 is 14.3 Å². The van der Waals surface area contributed by atoms with Crippen LogP contribution in [0.25, 0.3) is 16.9 Å². The van der Waals surface area contributed by atoms with Crippen LogP contribution in [-0.2, 0) is 0 Å². The smallest absolute Gasteiger partial charge is 0.258 e. The second kappa shape index (κ2) is 7.81. The fourth-order valence-electron chi connectivity index (χ4n) is 2.94. The van der Waals surface area contributed by atoms with Gasteiger partial charge in [0.25, 0.3) is 5.91 Å². The molecule has 1 amide bonds. The van der Waals surface area contributed by atoms with Gasteiger partial charge in [-0.1, -0.05) is 17.7 Å². The van der Waals surface area contributed by atoms with Crippen LogP contribution in [0, 0.1) is 0 Å². The van der Waals surface area contributed by atoms with Gasteiger partial charge in [-0.25, -0.2) is 4.52 Å². The molecule has 0 radical (unpaired) electrons. The molecule has 0 spiro atoms. The van der Waals surface area contributed by atoms with Crippen LogP contribution in [0.5, 0.6) is 11.5 Å². The molecule has 0 atom stereocenters. The number of anilines is 1. The lowest BCUT2D eigenvalue weighted by Gasteiger charge is -2.08. The fraction of sp³-hybridized carbons (Fsp3) is 0.0952. The molecule has 0 bridgehead atoms. The summed E-state index contributed by atoms with van der Waals surface area (Å²) in [5, 5.41) is 7.64. The summed E-state index contributed by atoms with van der Waals surface area (Å²) >= 11 is 5.97. The highest BCUT2D eigenvalue weighted by Gasteiger charge is 2.16. The number of nitrogens with zero attached hydrogens (tertiary/aromatic N) is 3. The normalized spacial score (nSPS) is 10.7. The number of benzene rings is 2. The molecular weight excluding hydrogens is 392 g/mol. The van der Waals surface area contributed by atoms with Crippen molar-refractivity contribution in [1.82, 2.24) is 14.6 Å². The Morgan fingerprint density at radius 2 is 1.83 bits per heavy atom. The molecule has 1 N–H and O–H groups in total. The molecular formula is C21H17ClN4O3. The number of pyridine rings is 1. The minimum Gasteiger partial charge on any atom is -0.497 e. The third-order valence-corrected chi connectivity index (χ3v) is 4.60. The molecule has 4 aromatic rings. The zero-order valence-corrected chi connectivity index (χ0v) is 16.5. The zero-order chi connectivity index (χ0) is 20.4. The van der Waals surface area contributed by atoms with E-state index in [1.165, 1.54) is 0 Å². The number of halogens is 1. The summed E-state index contributed by atoms with van der Waals surface area (Å²) in [7, 11) is 3.17. The Labute approximate surface area is 171 Å². The molecule has 0 unspecified atom stereocenters. The van der Waals surface area contributed by atoms with Gasteiger partial charge in [-0.3, -0.25) is 10.1 Å². The van der Waals surface area contributed by atoms with Crippen molar-refractivity contribution in [3.8, 4) is 22.8 Å². The number of rotatable bonds is 5. The number of methoxy groups -OCH3 is 2. The topological polar surface area (TPSA) is 77.8 Å². The maximum Gasteiger partial charge on any atom is 0.258 e. The maximum atomic E-state index is 12.5. The van der Waals surface area contributed by atoms with Gasteiger partial charge in [0.1, 0.15) is 5.75 Å². The Balaban J connectivity index is 1.74. The van der Waals surface area contributed by atoms with Gasteiger partial charge in [0.2, 0.25) is 5.95 Å². The first kappa shape index (κ1) is 18.8. The maximum absolute atomic E-state index is 12.5. The minimum atomic E-state index is -0.353. The van der Waals surface area contributed by atoms with E-state index in [1.807, 2.05) is 36.4 Å². The molecule has 2 aromatic heterocycles. The van der Waals surface area contributed by atoms with Crippen LogP contribution < -0.4 is 14.8 Å². The first-order valence-corrected chi connectivity index (χ1v) is 9.12. The summed E-state index contributed by atoms with van der Waals surface area (Å²) in [4.78, 5) is 16.9. The van der Waals surface area contributed by atoms with Crippen molar-refractivity contribution in [2.75, 3.05) is 19.5 Å². The summed E-state index contributed by atoms with van der Waals surface area (Å²) in [6.45, 7) is 0. The van der Waals surface area contributed by atoms with Gasteiger partial charge in [0, 0.05) is 16.1 Å². The van der Waals surface area contributed by atoms with Gasteiger partial charge in [0.15, 0.2) is 11.4 Å². The summed E-state index contributed by atoms with van der Waals surface area (Å²) < 4.78 is 12.2. The molecule has 7 nitrogen and oxygen atoms in total. The van der Waals surface area contributed by atoms with Gasteiger partial charge in [-0.15, -0.1) is 5.10 Å². The Morgan fingerprint density at radius 3 is 2.52 bits per heavy atom. The molecule has 29 heavy (non-hydrogen) atoms. The highest BCUT2D eigenvalue weighted by molar-refractivity contribution is 6.31. The lowest BCUT2D eigenvalue weighted by atomic mass is 10.1. The second-order valence-corrected chi connectivity index (χ2v) is 6.59. The molecule has 2 aromatic carbocycles. The van der Waals surface area contributed by atoms with E-state index in [1.54, 1.807) is 43.0 Å². The summed E-state index contributed by atoms with van der Waals surface area (Å²) in [6, 6.07) is 17.9. The van der Waals surface area contributed by atoms with Crippen LogP contribution in [0.3, 0.4) is 0 Å². The van der Waals surface area contributed by atoms with Gasteiger partial charge in [-0.05, 0) is 54.6 Å². The van der Waals surface area contributed by atoms with Crippen LogP contribution in [0.4, 0.5) is 5.95 Å². The first-order chi connectivity index (χ1) is 14.1. The fourth-order valence-corrected chi connectivity index (χ4v) is 3.13. The van der Waals surface area contributed by atoms with Crippen molar-refractivity contribution in [2.45, 2.75) is 0 Å². The van der Waals surface area contributed by atoms with Gasteiger partial charge in [0.05, 0.1) is 19.9 Å². The van der Waals surface area contributed by atoms with Crippen LogP contribution in [0.15, 0.2) is 60.7 Å². The Hall–Kier alpha value is -3.58. The number of aromatic nitrogens is 3. The Kier molecular flexibility index (Phi) is 5.05. The van der Waals surface area contributed by atoms with Crippen molar-refractivity contribution in [2.24, 2.45) is 0 Å². The number of hydrogen-bond donors (Lipinski definition) is 1. The van der Waals surface area contributed by atoms with E-state index in [2.05, 4.69) is 15.4 Å². The van der Waals surface area contributed by atoms with E-state index in [0.29, 0.717) is 22.0 Å². The van der Waals surface area contributed by atoms with Crippen molar-refractivity contribution in [1.29, 1.82) is 0 Å². The number of carbonyl (C=O) groups is 1. The monoisotopic (exact) mass is 408 g/mol. The van der Waals surface area contributed by atoms with E-state index in [-0.39, 0.29) is 11.9 Å². The van der Waals surface area contributed by atoms with E-state index >= 15 is 0 Å². The third-order valence-electron chi connectivity index (χ3n) is 4.37. The zero-order valence-electron chi connectivity index (χ0n) is 15.7. The molecule has 0 fully saturated rings. The number of carbonyl (C=O) groups excluding carboxylic acids is 1. The van der Waals surface area contributed by atoms with E-state index in [9.17, 15) is 4.79 Å². The van der Waals surface area contributed by atoms with Gasteiger partial charge >= 0.3 is 0 Å². The first-order valence-electron chi connectivity index (χ1n) is 8.74. The van der Waals surface area contributed by atoms with Gasteiger partial charge < -0.3 is 9.47 Å². The lowest BCUT2D eigenvalue weighted by molar-refractivity contribution is 0.102. The summed E-state index contributed by atoms with van der Waals surface area (Å²) in [6.07, 6.45) is 0. The number of hydrogen-bond acceptors (Lipinski definition) is 5. The van der Waals surface area contributed by atoms with Crippen LogP contribution in [-0.4, -0.2) is 34.7 Å². The van der Waals surface area contributed by atoms with E-state index in [0.717, 1.165) is 17.0 Å². The average molecular weight is 409 g/mol. The summed E-state index contributed by atoms with van der Waals surface area (Å²) in [5.41, 5.74) is 2.61. The van der Waals surface area contributed by atoms with Crippen molar-refractivity contribution in [3.63, 3.8) is 0 Å². The molecule has 0 aliphatic heterocycles. The van der Waals surface area contributed by atoms with Crippen molar-refractivity contribution in [3.05, 3.63) is 71.2 Å². The predicted molar refractivity (Wildman–Crippen MR) is 111 cm³/mol. The standard InChI is InChI=1S/C21H17ClN4O3/c1-28-16-8-6-13(7-9-16)17-10-11-18(29-2)19-23-21(25-26(17)19)24-20(27)14-4-3-5-15(22)12-14/h3-12H,1-2H3,(H,24,25,27). The lowest BCUT2D eigenvalue weighted by Crippen LogP contribution is -2.13. The average Bonchev–Trinajstić information content (AvgIpc) is 3.16. The minimum absolute atomic E-state index is 0.161. The van der Waals surface area contributed by atoms with Crippen LogP contribution in [0.1, 0.15) is 10.4 Å². The molecule has 4 rings (SSSR count). The molecule has 0 aliphatic carbocycles. The van der Waals surface area contributed by atoms with E-state index in [4.69, 9.17) is 21.1 Å². The molecule has 0 saturated carbocycles. The molecule has 0 saturated heterocycles. The number of ether oxygens (including phenoxy) is 2. The molecule has 8 heteroatoms. The summed E-state index contributed by atoms with van der Waals surface area (Å²) in [5.74, 6) is 1.10. The quantitative estimate of drug-likeness (QED) is 0.532. The van der Waals surface area contributed by atoms with Crippen molar-refractivity contribution >= 4 is 29.1 Å². The predicted octanol–water partition coefficient (Wildman–Crippen LogP) is 4.32. The molecule has 0 aliphatic rings. The molecule has 2 heterocycles. The second-order valence-electron chi connectivity index (χ2n) is 6.15. The third kappa shape index (κ3) is 3.72. The Bertz CT molecular complexity index is 1190. The SMILES string of the molecule is COc1ccc(-c2ccc(OC)c3nc(NC(=O)c4cccc(Cl)c4)nn23)cc1. The van der Waals surface area contributed by atoms with Gasteiger partial charge in [-0.2, -0.15) is 4.98 Å². The Morgan fingerprint density at radius 1 is 1.03 bits per heavy atom. The van der Waals surface area contributed by atoms with Crippen LogP contribution in [0.2, 0.25) is 5.02 Å². The largest absolute Gasteiger partial charge is 0.497 e. The number of nitrogens with one attached hydrogen (secondary N) is 1.